The van der Waals surface area contributed by atoms with Gasteiger partial charge in [0, 0.05) is 12.6 Å². The number of aromatic nitrogens is 1. The summed E-state index contributed by atoms with van der Waals surface area (Å²) in [5.74, 6) is 2.90. The number of pyridine rings is 1. The van der Waals surface area contributed by atoms with Gasteiger partial charge in [0.2, 0.25) is 0 Å². The van der Waals surface area contributed by atoms with Gasteiger partial charge in [-0.05, 0) is 37.2 Å². The molecule has 1 aliphatic carbocycles. The van der Waals surface area contributed by atoms with E-state index in [-0.39, 0.29) is 0 Å². The number of anilines is 2. The third-order valence-corrected chi connectivity index (χ3v) is 5.12. The molecule has 0 bridgehead atoms. The molecule has 1 saturated carbocycles. The first-order chi connectivity index (χ1) is 10.1. The minimum Gasteiger partial charge on any atom is -0.369 e. The van der Waals surface area contributed by atoms with E-state index in [2.05, 4.69) is 36.4 Å². The second-order valence-corrected chi connectivity index (χ2v) is 6.75. The first kappa shape index (κ1) is 16.7. The first-order valence-electron chi connectivity index (χ1n) is 7.93. The van der Waals surface area contributed by atoms with Crippen LogP contribution in [0.25, 0.3) is 0 Å². The van der Waals surface area contributed by atoms with Gasteiger partial charge in [0.1, 0.15) is 11.6 Å². The van der Waals surface area contributed by atoms with Crippen molar-refractivity contribution in [1.29, 1.82) is 0 Å². The van der Waals surface area contributed by atoms with E-state index >= 15 is 0 Å². The summed E-state index contributed by atoms with van der Waals surface area (Å²) in [5.41, 5.74) is 0. The molecule has 3 unspecified atom stereocenters. The third kappa shape index (κ3) is 3.95. The number of rotatable bonds is 6. The van der Waals surface area contributed by atoms with Crippen LogP contribution in [0, 0.1) is 11.8 Å². The molecule has 0 spiro atoms. The van der Waals surface area contributed by atoms with E-state index in [0.717, 1.165) is 24.7 Å². The fraction of sp³-hybridized carbons (Fsp3) is 0.688. The van der Waals surface area contributed by atoms with Crippen LogP contribution in [0.5, 0.6) is 0 Å². The smallest absolute Gasteiger partial charge is 0.147 e. The first-order valence-corrected chi connectivity index (χ1v) is 8.68. The summed E-state index contributed by atoms with van der Waals surface area (Å²) >= 11 is 12.5. The highest BCUT2D eigenvalue weighted by Crippen LogP contribution is 2.37. The maximum Gasteiger partial charge on any atom is 0.147 e. The SMILES string of the molecule is CCCNc1nc(NC2CCC(CC)C2C)c(Cl)cc1Cl. The fourth-order valence-electron chi connectivity index (χ4n) is 3.14. The highest BCUT2D eigenvalue weighted by Gasteiger charge is 2.32. The lowest BCUT2D eigenvalue weighted by Crippen LogP contribution is -2.25. The Hall–Kier alpha value is -0.670. The van der Waals surface area contributed by atoms with Crippen LogP contribution in [0.15, 0.2) is 6.07 Å². The quantitative estimate of drug-likeness (QED) is 0.728. The molecule has 3 atom stereocenters. The Morgan fingerprint density at radius 2 is 1.90 bits per heavy atom. The molecule has 3 nitrogen and oxygen atoms in total. The molecule has 0 aromatic carbocycles. The third-order valence-electron chi connectivity index (χ3n) is 4.55. The molecule has 1 aliphatic rings. The molecule has 2 rings (SSSR count). The minimum atomic E-state index is 0.445. The Kier molecular flexibility index (Phi) is 6.00. The number of nitrogens with one attached hydrogen (secondary N) is 2. The summed E-state index contributed by atoms with van der Waals surface area (Å²) in [5, 5.41) is 7.94. The van der Waals surface area contributed by atoms with Crippen molar-refractivity contribution < 1.29 is 0 Å². The summed E-state index contributed by atoms with van der Waals surface area (Å²) in [4.78, 5) is 4.57. The normalized spacial score (nSPS) is 25.1. The molecule has 0 amide bonds. The molecule has 0 radical (unpaired) electrons. The number of halogens is 2. The highest BCUT2D eigenvalue weighted by atomic mass is 35.5. The van der Waals surface area contributed by atoms with Crippen molar-refractivity contribution in [2.24, 2.45) is 11.8 Å². The van der Waals surface area contributed by atoms with Gasteiger partial charge in [-0.25, -0.2) is 4.98 Å². The zero-order chi connectivity index (χ0) is 15.4. The van der Waals surface area contributed by atoms with E-state index < -0.39 is 0 Å². The van der Waals surface area contributed by atoms with Gasteiger partial charge >= 0.3 is 0 Å². The second kappa shape index (κ2) is 7.55. The van der Waals surface area contributed by atoms with Crippen LogP contribution in [0.1, 0.15) is 46.5 Å². The van der Waals surface area contributed by atoms with Crippen LogP contribution in [-0.2, 0) is 0 Å². The summed E-state index contributed by atoms with van der Waals surface area (Å²) < 4.78 is 0. The second-order valence-electron chi connectivity index (χ2n) is 5.93. The van der Waals surface area contributed by atoms with Crippen molar-refractivity contribution >= 4 is 34.8 Å². The molecule has 21 heavy (non-hydrogen) atoms. The van der Waals surface area contributed by atoms with Crippen LogP contribution in [0.3, 0.4) is 0 Å². The molecule has 0 aliphatic heterocycles. The Morgan fingerprint density at radius 3 is 2.52 bits per heavy atom. The van der Waals surface area contributed by atoms with Crippen LogP contribution >= 0.6 is 23.2 Å². The van der Waals surface area contributed by atoms with Crippen molar-refractivity contribution in [3.63, 3.8) is 0 Å². The number of hydrogen-bond acceptors (Lipinski definition) is 3. The van der Waals surface area contributed by atoms with E-state index in [1.807, 2.05) is 0 Å². The predicted molar refractivity (Wildman–Crippen MR) is 92.6 cm³/mol. The standard InChI is InChI=1S/C16H25Cl2N3/c1-4-8-19-15-12(17)9-13(18)16(21-15)20-14-7-6-11(5-2)10(14)3/h9-11,14H,4-8H2,1-3H3,(H2,19,20,21). The minimum absolute atomic E-state index is 0.445. The lowest BCUT2D eigenvalue weighted by molar-refractivity contribution is 0.391. The maximum absolute atomic E-state index is 6.29. The van der Waals surface area contributed by atoms with Crippen molar-refractivity contribution in [1.82, 2.24) is 4.98 Å². The molecule has 5 heteroatoms. The van der Waals surface area contributed by atoms with Gasteiger partial charge in [0.15, 0.2) is 0 Å². The van der Waals surface area contributed by atoms with Gasteiger partial charge in [-0.1, -0.05) is 50.4 Å². The summed E-state index contributed by atoms with van der Waals surface area (Å²) in [6.45, 7) is 7.55. The fourth-order valence-corrected chi connectivity index (χ4v) is 3.62. The molecule has 1 aromatic rings. The molecule has 1 heterocycles. The maximum atomic E-state index is 6.29. The average Bonchev–Trinajstić information content (AvgIpc) is 2.81. The van der Waals surface area contributed by atoms with Crippen LogP contribution in [0.2, 0.25) is 10.0 Å². The summed E-state index contributed by atoms with van der Waals surface area (Å²) in [6.07, 6.45) is 4.73. The molecule has 2 N–H and O–H groups in total. The van der Waals surface area contributed by atoms with Gasteiger partial charge in [0.25, 0.3) is 0 Å². The van der Waals surface area contributed by atoms with Crippen LogP contribution < -0.4 is 10.6 Å². The Balaban J connectivity index is 2.12. The van der Waals surface area contributed by atoms with E-state index in [9.17, 15) is 0 Å². The Morgan fingerprint density at radius 1 is 1.19 bits per heavy atom. The number of nitrogens with zero attached hydrogens (tertiary/aromatic N) is 1. The summed E-state index contributed by atoms with van der Waals surface area (Å²) in [7, 11) is 0. The number of hydrogen-bond donors (Lipinski definition) is 2. The van der Waals surface area contributed by atoms with E-state index in [0.29, 0.717) is 27.8 Å². The van der Waals surface area contributed by atoms with E-state index in [4.69, 9.17) is 23.2 Å². The molecular weight excluding hydrogens is 305 g/mol. The monoisotopic (exact) mass is 329 g/mol. The van der Waals surface area contributed by atoms with Gasteiger partial charge in [-0.15, -0.1) is 0 Å². The van der Waals surface area contributed by atoms with Gasteiger partial charge in [-0.3, -0.25) is 0 Å². The van der Waals surface area contributed by atoms with Gasteiger partial charge < -0.3 is 10.6 Å². The lowest BCUT2D eigenvalue weighted by atomic mass is 9.93. The van der Waals surface area contributed by atoms with E-state index in [1.165, 1.54) is 19.3 Å². The van der Waals surface area contributed by atoms with Crippen molar-refractivity contribution in [3.8, 4) is 0 Å². The van der Waals surface area contributed by atoms with Crippen LogP contribution in [-0.4, -0.2) is 17.6 Å². The molecule has 1 aromatic heterocycles. The predicted octanol–water partition coefficient (Wildman–Crippen LogP) is 5.45. The van der Waals surface area contributed by atoms with Crippen molar-refractivity contribution in [3.05, 3.63) is 16.1 Å². The Bertz CT molecular complexity index is 479. The highest BCUT2D eigenvalue weighted by molar-refractivity contribution is 6.37. The van der Waals surface area contributed by atoms with Gasteiger partial charge in [0.05, 0.1) is 10.0 Å². The molecule has 0 saturated heterocycles. The average molecular weight is 330 g/mol. The van der Waals surface area contributed by atoms with Crippen molar-refractivity contribution in [2.75, 3.05) is 17.2 Å². The van der Waals surface area contributed by atoms with Crippen molar-refractivity contribution in [2.45, 2.75) is 52.5 Å². The largest absolute Gasteiger partial charge is 0.369 e. The zero-order valence-corrected chi connectivity index (χ0v) is 14.6. The molecule has 1 fully saturated rings. The van der Waals surface area contributed by atoms with E-state index in [1.54, 1.807) is 6.07 Å². The van der Waals surface area contributed by atoms with Gasteiger partial charge in [-0.2, -0.15) is 0 Å². The summed E-state index contributed by atoms with van der Waals surface area (Å²) in [6, 6.07) is 2.22. The lowest BCUT2D eigenvalue weighted by Gasteiger charge is -2.22. The van der Waals surface area contributed by atoms with Crippen LogP contribution in [0.4, 0.5) is 11.6 Å². The zero-order valence-electron chi connectivity index (χ0n) is 13.0. The Labute approximate surface area is 137 Å². The molecular formula is C16H25Cl2N3. The molecule has 118 valence electrons. The topological polar surface area (TPSA) is 37.0 Å².